The van der Waals surface area contributed by atoms with Crippen molar-refractivity contribution in [2.45, 2.75) is 12.8 Å². The molecule has 1 atom stereocenters. The lowest BCUT2D eigenvalue weighted by Crippen LogP contribution is -2.08. The summed E-state index contributed by atoms with van der Waals surface area (Å²) in [6.07, 6.45) is 0. The van der Waals surface area contributed by atoms with Gasteiger partial charge in [-0.05, 0) is 36.2 Å². The van der Waals surface area contributed by atoms with Crippen LogP contribution in [0.4, 0.5) is 0 Å². The van der Waals surface area contributed by atoms with E-state index in [0.29, 0.717) is 12.3 Å². The highest BCUT2D eigenvalue weighted by atomic mass is 79.9. The Morgan fingerprint density at radius 3 is 2.83 bits per heavy atom. The van der Waals surface area contributed by atoms with E-state index in [2.05, 4.69) is 15.9 Å². The van der Waals surface area contributed by atoms with Crippen LogP contribution in [0, 0.1) is 0 Å². The van der Waals surface area contributed by atoms with Crippen molar-refractivity contribution in [2.75, 3.05) is 6.54 Å². The van der Waals surface area contributed by atoms with E-state index < -0.39 is 0 Å². The lowest BCUT2D eigenvalue weighted by Gasteiger charge is -2.10. The van der Waals surface area contributed by atoms with Crippen LogP contribution in [0.5, 0.6) is 5.75 Å². The molecule has 0 heterocycles. The molecule has 1 aromatic rings. The molecular formula is C9H12BrNO. The zero-order chi connectivity index (χ0) is 9.14. The first-order chi connectivity index (χ1) is 5.65. The summed E-state index contributed by atoms with van der Waals surface area (Å²) < 4.78 is 0.968. The fourth-order valence-electron chi connectivity index (χ4n) is 1.05. The highest BCUT2D eigenvalue weighted by molar-refractivity contribution is 9.10. The van der Waals surface area contributed by atoms with Gasteiger partial charge in [-0.15, -0.1) is 0 Å². The van der Waals surface area contributed by atoms with Crippen LogP contribution < -0.4 is 5.73 Å². The summed E-state index contributed by atoms with van der Waals surface area (Å²) in [6.45, 7) is 2.53. The second-order valence-electron chi connectivity index (χ2n) is 2.84. The molecule has 2 nitrogen and oxygen atoms in total. The minimum Gasteiger partial charge on any atom is -0.508 e. The Morgan fingerprint density at radius 1 is 1.58 bits per heavy atom. The summed E-state index contributed by atoms with van der Waals surface area (Å²) >= 11 is 3.34. The SMILES string of the molecule is CC(CN)c1cc(Br)ccc1O. The van der Waals surface area contributed by atoms with E-state index in [0.717, 1.165) is 10.0 Å². The average molecular weight is 230 g/mol. The maximum Gasteiger partial charge on any atom is 0.119 e. The third-order valence-electron chi connectivity index (χ3n) is 1.87. The minimum absolute atomic E-state index is 0.197. The van der Waals surface area contributed by atoms with Crippen molar-refractivity contribution in [3.63, 3.8) is 0 Å². The van der Waals surface area contributed by atoms with Crippen molar-refractivity contribution >= 4 is 15.9 Å². The van der Waals surface area contributed by atoms with E-state index in [1.807, 2.05) is 19.1 Å². The van der Waals surface area contributed by atoms with E-state index in [1.54, 1.807) is 6.07 Å². The van der Waals surface area contributed by atoms with Crippen molar-refractivity contribution in [1.82, 2.24) is 0 Å². The monoisotopic (exact) mass is 229 g/mol. The molecule has 0 aromatic heterocycles. The molecule has 1 unspecified atom stereocenters. The molecule has 1 rings (SSSR count). The van der Waals surface area contributed by atoms with Crippen molar-refractivity contribution < 1.29 is 5.11 Å². The number of phenols is 1. The molecule has 66 valence electrons. The molecule has 3 N–H and O–H groups in total. The van der Waals surface area contributed by atoms with Gasteiger partial charge in [-0.25, -0.2) is 0 Å². The van der Waals surface area contributed by atoms with E-state index in [4.69, 9.17) is 5.73 Å². The highest BCUT2D eigenvalue weighted by Crippen LogP contribution is 2.27. The maximum absolute atomic E-state index is 9.46. The molecule has 0 amide bonds. The molecule has 0 saturated heterocycles. The van der Waals surface area contributed by atoms with Gasteiger partial charge in [0.25, 0.3) is 0 Å². The van der Waals surface area contributed by atoms with Crippen molar-refractivity contribution in [3.8, 4) is 5.75 Å². The number of hydrogen-bond acceptors (Lipinski definition) is 2. The normalized spacial score (nSPS) is 12.9. The summed E-state index contributed by atoms with van der Waals surface area (Å²) in [5, 5.41) is 9.46. The van der Waals surface area contributed by atoms with Gasteiger partial charge in [-0.2, -0.15) is 0 Å². The van der Waals surface area contributed by atoms with E-state index in [9.17, 15) is 5.11 Å². The molecule has 12 heavy (non-hydrogen) atoms. The lowest BCUT2D eigenvalue weighted by atomic mass is 10.0. The molecule has 0 aliphatic heterocycles. The second-order valence-corrected chi connectivity index (χ2v) is 3.76. The molecule has 0 aliphatic rings. The molecule has 0 bridgehead atoms. The number of nitrogens with two attached hydrogens (primary N) is 1. The predicted molar refractivity (Wildman–Crippen MR) is 53.3 cm³/mol. The van der Waals surface area contributed by atoms with Gasteiger partial charge in [-0.3, -0.25) is 0 Å². The molecular weight excluding hydrogens is 218 g/mol. The molecule has 0 spiro atoms. The number of aromatic hydroxyl groups is 1. The fourth-order valence-corrected chi connectivity index (χ4v) is 1.43. The number of halogens is 1. The zero-order valence-corrected chi connectivity index (χ0v) is 8.51. The van der Waals surface area contributed by atoms with Crippen LogP contribution in [0.3, 0.4) is 0 Å². The standard InChI is InChI=1S/C9H12BrNO/c1-6(5-11)8-4-7(10)2-3-9(8)12/h2-4,6,12H,5,11H2,1H3. The largest absolute Gasteiger partial charge is 0.508 e. The number of rotatable bonds is 2. The van der Waals surface area contributed by atoms with E-state index >= 15 is 0 Å². The lowest BCUT2D eigenvalue weighted by molar-refractivity contribution is 0.463. The van der Waals surface area contributed by atoms with Crippen molar-refractivity contribution in [2.24, 2.45) is 5.73 Å². The molecule has 0 radical (unpaired) electrons. The van der Waals surface area contributed by atoms with Gasteiger partial charge in [0.15, 0.2) is 0 Å². The Bertz CT molecular complexity index is 275. The molecule has 1 aromatic carbocycles. The van der Waals surface area contributed by atoms with Crippen LogP contribution in [0.15, 0.2) is 22.7 Å². The molecule has 0 fully saturated rings. The average Bonchev–Trinajstić information content (AvgIpc) is 2.08. The Balaban J connectivity index is 3.04. The third kappa shape index (κ3) is 1.99. The van der Waals surface area contributed by atoms with Crippen molar-refractivity contribution in [1.29, 1.82) is 0 Å². The Morgan fingerprint density at radius 2 is 2.25 bits per heavy atom. The van der Waals surface area contributed by atoms with Crippen LogP contribution in [0.25, 0.3) is 0 Å². The van der Waals surface area contributed by atoms with Gasteiger partial charge in [0.1, 0.15) is 5.75 Å². The predicted octanol–water partition coefficient (Wildman–Crippen LogP) is 2.22. The maximum atomic E-state index is 9.46. The number of benzene rings is 1. The van der Waals surface area contributed by atoms with Crippen LogP contribution >= 0.6 is 15.9 Å². The summed E-state index contributed by atoms with van der Waals surface area (Å²) in [5.74, 6) is 0.513. The quantitative estimate of drug-likeness (QED) is 0.818. The first-order valence-electron chi connectivity index (χ1n) is 3.83. The van der Waals surface area contributed by atoms with Crippen LogP contribution in [0.1, 0.15) is 18.4 Å². The van der Waals surface area contributed by atoms with E-state index in [-0.39, 0.29) is 5.92 Å². The van der Waals surface area contributed by atoms with Gasteiger partial charge in [0, 0.05) is 4.47 Å². The Hall–Kier alpha value is -0.540. The zero-order valence-electron chi connectivity index (χ0n) is 6.92. The molecule has 0 aliphatic carbocycles. The topological polar surface area (TPSA) is 46.2 Å². The van der Waals surface area contributed by atoms with Crippen molar-refractivity contribution in [3.05, 3.63) is 28.2 Å². The van der Waals surface area contributed by atoms with Gasteiger partial charge < -0.3 is 10.8 Å². The molecule has 0 saturated carbocycles. The summed E-state index contributed by atoms with van der Waals surface area (Å²) in [5.41, 5.74) is 6.39. The smallest absolute Gasteiger partial charge is 0.119 e. The fraction of sp³-hybridized carbons (Fsp3) is 0.333. The Kier molecular flexibility index (Phi) is 3.12. The summed E-state index contributed by atoms with van der Waals surface area (Å²) in [7, 11) is 0. The number of hydrogen-bond donors (Lipinski definition) is 2. The number of phenolic OH excluding ortho intramolecular Hbond substituents is 1. The summed E-state index contributed by atoms with van der Waals surface area (Å²) in [4.78, 5) is 0. The first-order valence-corrected chi connectivity index (χ1v) is 4.63. The van der Waals surface area contributed by atoms with Crippen LogP contribution in [-0.2, 0) is 0 Å². The Labute approximate surface area is 80.5 Å². The van der Waals surface area contributed by atoms with Gasteiger partial charge >= 0.3 is 0 Å². The molecule has 3 heteroatoms. The van der Waals surface area contributed by atoms with Gasteiger partial charge in [-0.1, -0.05) is 22.9 Å². The first kappa shape index (κ1) is 9.55. The third-order valence-corrected chi connectivity index (χ3v) is 2.37. The van der Waals surface area contributed by atoms with E-state index in [1.165, 1.54) is 0 Å². The minimum atomic E-state index is 0.197. The van der Waals surface area contributed by atoms with Crippen LogP contribution in [-0.4, -0.2) is 11.7 Å². The highest BCUT2D eigenvalue weighted by Gasteiger charge is 2.08. The van der Waals surface area contributed by atoms with Gasteiger partial charge in [0.2, 0.25) is 0 Å². The van der Waals surface area contributed by atoms with Gasteiger partial charge in [0.05, 0.1) is 0 Å². The summed E-state index contributed by atoms with van der Waals surface area (Å²) in [6, 6.07) is 5.38. The second kappa shape index (κ2) is 3.92. The van der Waals surface area contributed by atoms with Crippen LogP contribution in [0.2, 0.25) is 0 Å².